The minimum atomic E-state index is 0.518. The fraction of sp³-hybridized carbons (Fsp3) is 0. The lowest BCUT2D eigenvalue weighted by Gasteiger charge is -2.09. The molecule has 106 valence electrons. The van der Waals surface area contributed by atoms with Crippen LogP contribution in [0.1, 0.15) is 0 Å². The number of rotatable bonds is 2. The monoisotopic (exact) mass is 427 g/mol. The number of halogens is 3. The highest BCUT2D eigenvalue weighted by atomic mass is 79.9. The lowest BCUT2D eigenvalue weighted by molar-refractivity contribution is 0.788. The first-order valence-electron chi connectivity index (χ1n) is 5.85. The summed E-state index contributed by atoms with van der Waals surface area (Å²) < 4.78 is 3.41. The molecule has 0 aliphatic carbocycles. The van der Waals surface area contributed by atoms with Crippen molar-refractivity contribution in [3.8, 4) is 17.1 Å². The van der Waals surface area contributed by atoms with Gasteiger partial charge in [0.2, 0.25) is 0 Å². The molecule has 0 bridgehead atoms. The van der Waals surface area contributed by atoms with Gasteiger partial charge in [0.05, 0.1) is 5.69 Å². The molecule has 0 radical (unpaired) electrons. The van der Waals surface area contributed by atoms with Gasteiger partial charge in [-0.2, -0.15) is 4.68 Å². The first kappa shape index (κ1) is 14.5. The lowest BCUT2D eigenvalue weighted by Crippen LogP contribution is -2.02. The van der Waals surface area contributed by atoms with Gasteiger partial charge in [0.1, 0.15) is 0 Å². The van der Waals surface area contributed by atoms with E-state index in [2.05, 4.69) is 47.4 Å². The van der Waals surface area contributed by atoms with Crippen LogP contribution in [0.15, 0.2) is 45.3 Å². The summed E-state index contributed by atoms with van der Waals surface area (Å²) in [5, 5.41) is 12.4. The third-order valence-corrected chi connectivity index (χ3v) is 4.26. The van der Waals surface area contributed by atoms with E-state index in [0.717, 1.165) is 20.2 Å². The van der Waals surface area contributed by atoms with Crippen molar-refractivity contribution in [2.75, 3.05) is 5.73 Å². The molecule has 0 fully saturated rings. The van der Waals surface area contributed by atoms with Gasteiger partial charge in [-0.05, 0) is 62.8 Å². The number of hydrogen-bond donors (Lipinski definition) is 1. The van der Waals surface area contributed by atoms with Crippen LogP contribution < -0.4 is 5.73 Å². The van der Waals surface area contributed by atoms with Crippen molar-refractivity contribution < 1.29 is 0 Å². The molecule has 0 aliphatic rings. The Morgan fingerprint density at radius 2 is 1.90 bits per heavy atom. The van der Waals surface area contributed by atoms with E-state index in [4.69, 9.17) is 17.3 Å². The van der Waals surface area contributed by atoms with E-state index in [1.54, 1.807) is 22.9 Å². The van der Waals surface area contributed by atoms with Crippen LogP contribution in [0, 0.1) is 0 Å². The molecule has 0 unspecified atom stereocenters. The molecule has 0 atom stereocenters. The molecule has 5 nitrogen and oxygen atoms in total. The number of nitrogen functional groups attached to an aromatic ring is 1. The van der Waals surface area contributed by atoms with E-state index in [1.807, 2.05) is 18.2 Å². The van der Waals surface area contributed by atoms with Gasteiger partial charge < -0.3 is 5.73 Å². The van der Waals surface area contributed by atoms with Crippen molar-refractivity contribution in [3.05, 3.63) is 50.4 Å². The van der Waals surface area contributed by atoms with Gasteiger partial charge in [-0.3, -0.25) is 0 Å². The first-order valence-corrected chi connectivity index (χ1v) is 7.82. The number of anilines is 1. The van der Waals surface area contributed by atoms with E-state index in [1.165, 1.54) is 0 Å². The van der Waals surface area contributed by atoms with E-state index < -0.39 is 0 Å². The highest BCUT2D eigenvalue weighted by Crippen LogP contribution is 2.31. The molecule has 0 saturated heterocycles. The maximum atomic E-state index is 6.01. The first-order chi connectivity index (χ1) is 10.1. The smallest absolute Gasteiger partial charge is 0.189 e. The highest BCUT2D eigenvalue weighted by Gasteiger charge is 2.15. The molecular formula is C13H8Br2ClN5. The summed E-state index contributed by atoms with van der Waals surface area (Å²) in [6.07, 6.45) is 0. The zero-order chi connectivity index (χ0) is 15.0. The minimum Gasteiger partial charge on any atom is -0.398 e. The second-order valence-electron chi connectivity index (χ2n) is 4.24. The number of hydrogen-bond acceptors (Lipinski definition) is 4. The fourth-order valence-electron chi connectivity index (χ4n) is 1.90. The van der Waals surface area contributed by atoms with Gasteiger partial charge in [0, 0.05) is 25.2 Å². The van der Waals surface area contributed by atoms with Crippen LogP contribution in [0.25, 0.3) is 17.1 Å². The summed E-state index contributed by atoms with van der Waals surface area (Å²) in [6, 6.07) is 11.0. The minimum absolute atomic E-state index is 0.518. The maximum absolute atomic E-state index is 6.01. The molecule has 3 aromatic rings. The highest BCUT2D eigenvalue weighted by molar-refractivity contribution is 9.11. The van der Waals surface area contributed by atoms with Gasteiger partial charge >= 0.3 is 0 Å². The lowest BCUT2D eigenvalue weighted by atomic mass is 10.1. The molecule has 2 N–H and O–H groups in total. The predicted octanol–water partition coefficient (Wildman–Crippen LogP) is 4.09. The number of nitrogens with zero attached hydrogens (tertiary/aromatic N) is 4. The van der Waals surface area contributed by atoms with Crippen LogP contribution in [0.4, 0.5) is 5.69 Å². The molecular weight excluding hydrogens is 421 g/mol. The quantitative estimate of drug-likeness (QED) is 0.623. The SMILES string of the molecule is Nc1cc(Cl)ccc1-c1nnnn1-c1cc(Br)ccc1Br. The van der Waals surface area contributed by atoms with Crippen molar-refractivity contribution >= 4 is 49.1 Å². The summed E-state index contributed by atoms with van der Waals surface area (Å²) in [7, 11) is 0. The van der Waals surface area contributed by atoms with Gasteiger partial charge in [-0.15, -0.1) is 5.10 Å². The largest absolute Gasteiger partial charge is 0.398 e. The summed E-state index contributed by atoms with van der Waals surface area (Å²) in [5.74, 6) is 0.544. The average Bonchev–Trinajstić information content (AvgIpc) is 2.90. The molecule has 0 saturated carbocycles. The van der Waals surface area contributed by atoms with Crippen molar-refractivity contribution in [2.45, 2.75) is 0 Å². The molecule has 3 rings (SSSR count). The number of nitrogens with two attached hydrogens (primary N) is 1. The Kier molecular flexibility index (Phi) is 3.97. The third-order valence-electron chi connectivity index (χ3n) is 2.86. The van der Waals surface area contributed by atoms with Crippen molar-refractivity contribution in [1.29, 1.82) is 0 Å². The van der Waals surface area contributed by atoms with Gasteiger partial charge in [-0.1, -0.05) is 27.5 Å². The number of benzene rings is 2. The average molecular weight is 430 g/mol. The van der Waals surface area contributed by atoms with Crippen molar-refractivity contribution in [1.82, 2.24) is 20.2 Å². The topological polar surface area (TPSA) is 69.6 Å². The van der Waals surface area contributed by atoms with Crippen molar-refractivity contribution in [2.24, 2.45) is 0 Å². The van der Waals surface area contributed by atoms with Crippen LogP contribution in [-0.4, -0.2) is 20.2 Å². The Morgan fingerprint density at radius 3 is 2.67 bits per heavy atom. The zero-order valence-electron chi connectivity index (χ0n) is 10.5. The van der Waals surface area contributed by atoms with Gasteiger partial charge in [0.15, 0.2) is 5.82 Å². The van der Waals surface area contributed by atoms with E-state index in [-0.39, 0.29) is 0 Å². The zero-order valence-corrected chi connectivity index (χ0v) is 14.4. The van der Waals surface area contributed by atoms with Gasteiger partial charge in [0.25, 0.3) is 0 Å². The molecule has 1 heterocycles. The second kappa shape index (κ2) is 5.75. The van der Waals surface area contributed by atoms with Crippen LogP contribution in [-0.2, 0) is 0 Å². The molecule has 0 amide bonds. The molecule has 8 heteroatoms. The molecule has 0 spiro atoms. The second-order valence-corrected chi connectivity index (χ2v) is 6.45. The fourth-order valence-corrected chi connectivity index (χ4v) is 2.85. The normalized spacial score (nSPS) is 10.8. The summed E-state index contributed by atoms with van der Waals surface area (Å²) in [6.45, 7) is 0. The summed E-state index contributed by atoms with van der Waals surface area (Å²) in [4.78, 5) is 0. The summed E-state index contributed by atoms with van der Waals surface area (Å²) in [5.41, 5.74) is 8.05. The van der Waals surface area contributed by atoms with Crippen LogP contribution in [0.5, 0.6) is 0 Å². The Hall–Kier alpha value is -1.44. The van der Waals surface area contributed by atoms with Crippen LogP contribution in [0.2, 0.25) is 5.02 Å². The Morgan fingerprint density at radius 1 is 1.10 bits per heavy atom. The van der Waals surface area contributed by atoms with E-state index in [9.17, 15) is 0 Å². The molecule has 21 heavy (non-hydrogen) atoms. The third kappa shape index (κ3) is 2.81. The standard InChI is InChI=1S/C13H8Br2ClN5/c14-7-1-4-10(15)12(5-7)21-13(18-19-20-21)9-3-2-8(16)6-11(9)17/h1-6H,17H2. The Bertz CT molecular complexity index is 818. The number of tetrazole rings is 1. The Labute approximate surface area is 142 Å². The van der Waals surface area contributed by atoms with Crippen LogP contribution >= 0.6 is 43.5 Å². The predicted molar refractivity (Wildman–Crippen MR) is 89.4 cm³/mol. The van der Waals surface area contributed by atoms with Crippen LogP contribution in [0.3, 0.4) is 0 Å². The summed E-state index contributed by atoms with van der Waals surface area (Å²) >= 11 is 12.9. The molecule has 0 aliphatic heterocycles. The van der Waals surface area contributed by atoms with E-state index in [0.29, 0.717) is 16.5 Å². The van der Waals surface area contributed by atoms with Gasteiger partial charge in [-0.25, -0.2) is 0 Å². The van der Waals surface area contributed by atoms with Crippen molar-refractivity contribution in [3.63, 3.8) is 0 Å². The number of aromatic nitrogens is 4. The molecule has 1 aromatic heterocycles. The Balaban J connectivity index is 2.19. The van der Waals surface area contributed by atoms with E-state index >= 15 is 0 Å². The maximum Gasteiger partial charge on any atom is 0.189 e. The molecule has 2 aromatic carbocycles.